The Morgan fingerprint density at radius 2 is 2.11 bits per heavy atom. The molecule has 0 aliphatic rings. The van der Waals surface area contributed by atoms with E-state index in [1.54, 1.807) is 0 Å². The predicted octanol–water partition coefficient (Wildman–Crippen LogP) is 1.87. The lowest BCUT2D eigenvalue weighted by Gasteiger charge is -2.06. The molecule has 2 rings (SSSR count). The van der Waals surface area contributed by atoms with E-state index in [0.717, 1.165) is 18.6 Å². The zero-order valence-electron chi connectivity index (χ0n) is 11.5. The van der Waals surface area contributed by atoms with Crippen LogP contribution in [0.5, 0.6) is 0 Å². The maximum Gasteiger partial charge on any atom is 0.237 e. The van der Waals surface area contributed by atoms with Crippen LogP contribution in [0.25, 0.3) is 10.9 Å². The molecule has 0 aliphatic carbocycles. The minimum Gasteiger partial charge on any atom is -0.368 e. The van der Waals surface area contributed by atoms with E-state index in [2.05, 4.69) is 25.2 Å². The van der Waals surface area contributed by atoms with Gasteiger partial charge in [0.15, 0.2) is 0 Å². The molecular formula is C15H21N3O. The maximum atomic E-state index is 11.1. The Hall–Kier alpha value is -1.81. The van der Waals surface area contributed by atoms with Gasteiger partial charge in [0.2, 0.25) is 5.91 Å². The van der Waals surface area contributed by atoms with Gasteiger partial charge in [0.25, 0.3) is 0 Å². The first kappa shape index (κ1) is 13.6. The van der Waals surface area contributed by atoms with Gasteiger partial charge >= 0.3 is 0 Å². The number of benzene rings is 1. The molecule has 0 aliphatic heterocycles. The first-order chi connectivity index (χ1) is 9.08. The molecule has 19 heavy (non-hydrogen) atoms. The van der Waals surface area contributed by atoms with E-state index in [4.69, 9.17) is 5.73 Å². The normalized spacial score (nSPS) is 11.3. The zero-order valence-corrected chi connectivity index (χ0v) is 11.5. The third-order valence-electron chi connectivity index (χ3n) is 3.07. The molecule has 1 aromatic carbocycles. The summed E-state index contributed by atoms with van der Waals surface area (Å²) in [5.74, 6) is 0.307. The summed E-state index contributed by atoms with van der Waals surface area (Å²) in [5.41, 5.74) is 7.55. The van der Waals surface area contributed by atoms with Gasteiger partial charge in [-0.3, -0.25) is 4.79 Å². The molecule has 1 heterocycles. The fourth-order valence-corrected chi connectivity index (χ4v) is 2.26. The number of rotatable bonds is 6. The molecule has 0 atom stereocenters. The number of nitrogens with zero attached hydrogens (tertiary/aromatic N) is 1. The molecule has 3 N–H and O–H groups in total. The molecule has 0 spiro atoms. The quantitative estimate of drug-likeness (QED) is 0.832. The first-order valence-electron chi connectivity index (χ1n) is 6.63. The number of fused-ring (bicyclic) bond motifs is 1. The van der Waals surface area contributed by atoms with Crippen LogP contribution in [0, 0.1) is 5.92 Å². The van der Waals surface area contributed by atoms with Crippen molar-refractivity contribution < 1.29 is 4.79 Å². The minimum absolute atomic E-state index is 0.227. The molecular weight excluding hydrogens is 238 g/mol. The number of aromatic nitrogens is 1. The molecule has 0 saturated heterocycles. The fraction of sp³-hybridized carbons (Fsp3) is 0.400. The Morgan fingerprint density at radius 3 is 2.79 bits per heavy atom. The van der Waals surface area contributed by atoms with Gasteiger partial charge < -0.3 is 15.6 Å². The van der Waals surface area contributed by atoms with Gasteiger partial charge in [-0.15, -0.1) is 0 Å². The van der Waals surface area contributed by atoms with Crippen molar-refractivity contribution in [3.05, 3.63) is 36.0 Å². The highest BCUT2D eigenvalue weighted by Gasteiger charge is 2.09. The molecule has 4 heteroatoms. The summed E-state index contributed by atoms with van der Waals surface area (Å²) in [7, 11) is 0. The van der Waals surface area contributed by atoms with Gasteiger partial charge in [-0.25, -0.2) is 0 Å². The van der Waals surface area contributed by atoms with Crippen LogP contribution in [0.2, 0.25) is 0 Å². The third kappa shape index (κ3) is 3.35. The van der Waals surface area contributed by atoms with E-state index in [1.165, 1.54) is 10.9 Å². The number of carbonyl (C=O) groups excluding carboxylic acids is 1. The van der Waals surface area contributed by atoms with Crippen LogP contribution in [0.3, 0.4) is 0 Å². The van der Waals surface area contributed by atoms with E-state index < -0.39 is 0 Å². The van der Waals surface area contributed by atoms with Crippen molar-refractivity contribution in [3.63, 3.8) is 0 Å². The third-order valence-corrected chi connectivity index (χ3v) is 3.07. The Kier molecular flexibility index (Phi) is 4.22. The van der Waals surface area contributed by atoms with Gasteiger partial charge in [0.05, 0.1) is 0 Å². The molecule has 4 nitrogen and oxygen atoms in total. The van der Waals surface area contributed by atoms with Gasteiger partial charge in [0.1, 0.15) is 6.54 Å². The summed E-state index contributed by atoms with van der Waals surface area (Å²) in [6.45, 7) is 6.39. The van der Waals surface area contributed by atoms with E-state index in [1.807, 2.05) is 29.0 Å². The SMILES string of the molecule is CC(C)CNCc1cn(CC(N)=O)c2ccccc12. The Morgan fingerprint density at radius 1 is 1.37 bits per heavy atom. The smallest absolute Gasteiger partial charge is 0.237 e. The van der Waals surface area contributed by atoms with Crippen LogP contribution in [0.1, 0.15) is 19.4 Å². The van der Waals surface area contributed by atoms with Crippen LogP contribution in [0.4, 0.5) is 0 Å². The van der Waals surface area contributed by atoms with Crippen molar-refractivity contribution >= 4 is 16.8 Å². The molecule has 102 valence electrons. The summed E-state index contributed by atoms with van der Waals surface area (Å²) in [6.07, 6.45) is 2.02. The Labute approximate surface area is 113 Å². The molecule has 0 bridgehead atoms. The largest absolute Gasteiger partial charge is 0.368 e. The van der Waals surface area contributed by atoms with Crippen LogP contribution < -0.4 is 11.1 Å². The molecule has 2 aromatic rings. The van der Waals surface area contributed by atoms with Gasteiger partial charge in [-0.1, -0.05) is 32.0 Å². The first-order valence-corrected chi connectivity index (χ1v) is 6.63. The average Bonchev–Trinajstić information content (AvgIpc) is 2.67. The van der Waals surface area contributed by atoms with Gasteiger partial charge in [-0.05, 0) is 24.1 Å². The highest BCUT2D eigenvalue weighted by atomic mass is 16.1. The van der Waals surface area contributed by atoms with Gasteiger partial charge in [-0.2, -0.15) is 0 Å². The lowest BCUT2D eigenvalue weighted by molar-refractivity contribution is -0.118. The summed E-state index contributed by atoms with van der Waals surface area (Å²) in [4.78, 5) is 11.1. The lowest BCUT2D eigenvalue weighted by atomic mass is 10.1. The molecule has 0 fully saturated rings. The highest BCUT2D eigenvalue weighted by Crippen LogP contribution is 2.21. The van der Waals surface area contributed by atoms with Crippen molar-refractivity contribution in [2.75, 3.05) is 6.54 Å². The van der Waals surface area contributed by atoms with E-state index >= 15 is 0 Å². The highest BCUT2D eigenvalue weighted by molar-refractivity contribution is 5.85. The summed E-state index contributed by atoms with van der Waals surface area (Å²) in [6, 6.07) is 8.09. The number of hydrogen-bond donors (Lipinski definition) is 2. The lowest BCUT2D eigenvalue weighted by Crippen LogP contribution is -2.19. The van der Waals surface area contributed by atoms with Crippen molar-refractivity contribution in [2.24, 2.45) is 11.7 Å². The zero-order chi connectivity index (χ0) is 13.8. The van der Waals surface area contributed by atoms with Crippen molar-refractivity contribution in [3.8, 4) is 0 Å². The standard InChI is InChI=1S/C15H21N3O/c1-11(2)7-17-8-12-9-18(10-15(16)19)14-6-4-3-5-13(12)14/h3-6,9,11,17H,7-8,10H2,1-2H3,(H2,16,19). The molecule has 0 saturated carbocycles. The van der Waals surface area contributed by atoms with Crippen molar-refractivity contribution in [2.45, 2.75) is 26.9 Å². The number of hydrogen-bond acceptors (Lipinski definition) is 2. The number of primary amides is 1. The summed E-state index contributed by atoms with van der Waals surface area (Å²) in [5, 5.41) is 4.61. The number of carbonyl (C=O) groups is 1. The van der Waals surface area contributed by atoms with E-state index in [9.17, 15) is 4.79 Å². The van der Waals surface area contributed by atoms with Gasteiger partial charge in [0, 0.05) is 23.6 Å². The molecule has 1 aromatic heterocycles. The number of para-hydroxylation sites is 1. The molecule has 0 unspecified atom stereocenters. The fourth-order valence-electron chi connectivity index (χ4n) is 2.26. The second-order valence-corrected chi connectivity index (χ2v) is 5.29. The monoisotopic (exact) mass is 259 g/mol. The molecule has 0 radical (unpaired) electrons. The molecule has 1 amide bonds. The van der Waals surface area contributed by atoms with Crippen molar-refractivity contribution in [1.29, 1.82) is 0 Å². The van der Waals surface area contributed by atoms with Crippen LogP contribution in [-0.2, 0) is 17.9 Å². The minimum atomic E-state index is -0.317. The summed E-state index contributed by atoms with van der Waals surface area (Å²) < 4.78 is 1.92. The summed E-state index contributed by atoms with van der Waals surface area (Å²) >= 11 is 0. The van der Waals surface area contributed by atoms with Crippen LogP contribution >= 0.6 is 0 Å². The van der Waals surface area contributed by atoms with Crippen LogP contribution in [-0.4, -0.2) is 17.0 Å². The number of nitrogens with one attached hydrogen (secondary N) is 1. The van der Waals surface area contributed by atoms with E-state index in [0.29, 0.717) is 5.92 Å². The Balaban J connectivity index is 2.25. The second kappa shape index (κ2) is 5.89. The average molecular weight is 259 g/mol. The van der Waals surface area contributed by atoms with Crippen molar-refractivity contribution in [1.82, 2.24) is 9.88 Å². The Bertz CT molecular complexity index is 572. The second-order valence-electron chi connectivity index (χ2n) is 5.29. The predicted molar refractivity (Wildman–Crippen MR) is 77.7 cm³/mol. The number of amides is 1. The van der Waals surface area contributed by atoms with E-state index in [-0.39, 0.29) is 12.5 Å². The number of nitrogens with two attached hydrogens (primary N) is 1. The maximum absolute atomic E-state index is 11.1. The topological polar surface area (TPSA) is 60.1 Å². The van der Waals surface area contributed by atoms with Crippen LogP contribution in [0.15, 0.2) is 30.5 Å².